The van der Waals surface area contributed by atoms with Crippen molar-refractivity contribution in [3.05, 3.63) is 65.8 Å². The molecule has 1 unspecified atom stereocenters. The van der Waals surface area contributed by atoms with E-state index in [4.69, 9.17) is 4.52 Å². The molecule has 1 aliphatic rings. The maximum atomic E-state index is 12.6. The van der Waals surface area contributed by atoms with Crippen molar-refractivity contribution in [3.63, 3.8) is 0 Å². The molecule has 132 valence electrons. The summed E-state index contributed by atoms with van der Waals surface area (Å²) in [5.74, 6) is 1.40. The Morgan fingerprint density at radius 1 is 1.27 bits per heavy atom. The van der Waals surface area contributed by atoms with Crippen molar-refractivity contribution in [1.29, 1.82) is 0 Å². The fourth-order valence-electron chi connectivity index (χ4n) is 3.32. The van der Waals surface area contributed by atoms with E-state index in [0.29, 0.717) is 24.7 Å². The van der Waals surface area contributed by atoms with Gasteiger partial charge in [-0.2, -0.15) is 4.98 Å². The van der Waals surface area contributed by atoms with Crippen molar-refractivity contribution in [2.45, 2.75) is 25.7 Å². The van der Waals surface area contributed by atoms with Gasteiger partial charge in [0.25, 0.3) is 0 Å². The predicted molar refractivity (Wildman–Crippen MR) is 96.4 cm³/mol. The van der Waals surface area contributed by atoms with Gasteiger partial charge in [-0.25, -0.2) is 0 Å². The fraction of sp³-hybridized carbons (Fsp3) is 0.300. The molecule has 1 amide bonds. The third-order valence-corrected chi connectivity index (χ3v) is 4.71. The van der Waals surface area contributed by atoms with Crippen LogP contribution in [0, 0.1) is 6.92 Å². The number of benzene rings is 1. The smallest absolute Gasteiger partial charge is 0.231 e. The Kier molecular flexibility index (Phi) is 4.48. The molecule has 0 saturated carbocycles. The molecule has 0 spiro atoms. The Balaban J connectivity index is 1.41. The summed E-state index contributed by atoms with van der Waals surface area (Å²) in [6.45, 7) is 3.39. The number of carbonyl (C=O) groups excluding carboxylic acids is 1. The lowest BCUT2D eigenvalue weighted by Crippen LogP contribution is -2.29. The number of pyridine rings is 1. The van der Waals surface area contributed by atoms with Crippen LogP contribution in [0.25, 0.3) is 11.4 Å². The van der Waals surface area contributed by atoms with Crippen LogP contribution in [0.3, 0.4) is 0 Å². The first-order chi connectivity index (χ1) is 12.7. The van der Waals surface area contributed by atoms with Gasteiger partial charge in [0, 0.05) is 31.0 Å². The Hall–Kier alpha value is -3.02. The SMILES string of the molecule is Cc1cccc(CC(=O)N2CCC(c3nc(-c4ccncc4)no3)C2)c1. The van der Waals surface area contributed by atoms with E-state index in [1.165, 1.54) is 5.56 Å². The van der Waals surface area contributed by atoms with Crippen LogP contribution in [-0.2, 0) is 11.2 Å². The van der Waals surface area contributed by atoms with Crippen LogP contribution < -0.4 is 0 Å². The summed E-state index contributed by atoms with van der Waals surface area (Å²) in [5, 5.41) is 4.06. The summed E-state index contributed by atoms with van der Waals surface area (Å²) in [4.78, 5) is 23.0. The zero-order valence-electron chi connectivity index (χ0n) is 14.6. The van der Waals surface area contributed by atoms with Crippen molar-refractivity contribution in [2.24, 2.45) is 0 Å². The van der Waals surface area contributed by atoms with Gasteiger partial charge < -0.3 is 9.42 Å². The molecule has 1 atom stereocenters. The van der Waals surface area contributed by atoms with E-state index in [9.17, 15) is 4.79 Å². The molecular weight excluding hydrogens is 328 g/mol. The molecule has 1 fully saturated rings. The third kappa shape index (κ3) is 3.49. The van der Waals surface area contributed by atoms with Gasteiger partial charge in [0.05, 0.1) is 12.3 Å². The lowest BCUT2D eigenvalue weighted by atomic mass is 10.1. The molecule has 1 aromatic carbocycles. The summed E-state index contributed by atoms with van der Waals surface area (Å²) >= 11 is 0. The van der Waals surface area contributed by atoms with Gasteiger partial charge >= 0.3 is 0 Å². The Labute approximate surface area is 151 Å². The molecule has 4 rings (SSSR count). The van der Waals surface area contributed by atoms with Crippen LogP contribution >= 0.6 is 0 Å². The first-order valence-electron chi connectivity index (χ1n) is 8.76. The fourth-order valence-corrected chi connectivity index (χ4v) is 3.32. The largest absolute Gasteiger partial charge is 0.342 e. The monoisotopic (exact) mass is 348 g/mol. The van der Waals surface area contributed by atoms with Crippen molar-refractivity contribution in [1.82, 2.24) is 20.0 Å². The van der Waals surface area contributed by atoms with E-state index in [1.54, 1.807) is 12.4 Å². The number of aryl methyl sites for hydroxylation is 1. The molecule has 0 N–H and O–H groups in total. The zero-order valence-corrected chi connectivity index (χ0v) is 14.6. The van der Waals surface area contributed by atoms with E-state index in [2.05, 4.69) is 21.2 Å². The van der Waals surface area contributed by atoms with Gasteiger partial charge in [0.1, 0.15) is 0 Å². The molecule has 3 aromatic rings. The van der Waals surface area contributed by atoms with Crippen LogP contribution in [-0.4, -0.2) is 39.0 Å². The number of aromatic nitrogens is 3. The number of nitrogens with zero attached hydrogens (tertiary/aromatic N) is 4. The zero-order chi connectivity index (χ0) is 17.9. The molecule has 26 heavy (non-hydrogen) atoms. The number of rotatable bonds is 4. The quantitative estimate of drug-likeness (QED) is 0.725. The summed E-state index contributed by atoms with van der Waals surface area (Å²) in [6.07, 6.45) is 4.68. The summed E-state index contributed by atoms with van der Waals surface area (Å²) < 4.78 is 5.45. The van der Waals surface area contributed by atoms with E-state index >= 15 is 0 Å². The molecule has 1 saturated heterocycles. The predicted octanol–water partition coefficient (Wildman–Crippen LogP) is 3.00. The van der Waals surface area contributed by atoms with E-state index < -0.39 is 0 Å². The summed E-state index contributed by atoms with van der Waals surface area (Å²) in [5.41, 5.74) is 3.10. The number of hydrogen-bond acceptors (Lipinski definition) is 5. The Morgan fingerprint density at radius 2 is 2.12 bits per heavy atom. The minimum atomic E-state index is 0.0968. The van der Waals surface area contributed by atoms with Crippen LogP contribution in [0.2, 0.25) is 0 Å². The van der Waals surface area contributed by atoms with Crippen molar-refractivity contribution >= 4 is 5.91 Å². The van der Waals surface area contributed by atoms with Crippen LogP contribution in [0.1, 0.15) is 29.4 Å². The Bertz CT molecular complexity index is 907. The van der Waals surface area contributed by atoms with Crippen molar-refractivity contribution in [3.8, 4) is 11.4 Å². The number of amides is 1. The van der Waals surface area contributed by atoms with Gasteiger partial charge in [-0.1, -0.05) is 35.0 Å². The molecule has 0 radical (unpaired) electrons. The second-order valence-corrected chi connectivity index (χ2v) is 6.68. The maximum Gasteiger partial charge on any atom is 0.231 e. The van der Waals surface area contributed by atoms with Gasteiger partial charge in [-0.3, -0.25) is 9.78 Å². The molecular formula is C20H20N4O2. The Morgan fingerprint density at radius 3 is 2.92 bits per heavy atom. The number of carbonyl (C=O) groups is 1. The topological polar surface area (TPSA) is 72.1 Å². The standard InChI is InChI=1S/C20H20N4O2/c1-14-3-2-4-15(11-14)12-18(25)24-10-7-17(13-24)20-22-19(23-26-20)16-5-8-21-9-6-16/h2-6,8-9,11,17H,7,10,12-13H2,1H3. The normalized spacial score (nSPS) is 16.8. The van der Waals surface area contributed by atoms with Crippen molar-refractivity contribution < 1.29 is 9.32 Å². The highest BCUT2D eigenvalue weighted by Gasteiger charge is 2.31. The average molecular weight is 348 g/mol. The van der Waals surface area contributed by atoms with E-state index in [1.807, 2.05) is 42.2 Å². The highest BCUT2D eigenvalue weighted by molar-refractivity contribution is 5.79. The maximum absolute atomic E-state index is 12.6. The molecule has 2 aromatic heterocycles. The van der Waals surface area contributed by atoms with E-state index in [-0.39, 0.29) is 11.8 Å². The van der Waals surface area contributed by atoms with Gasteiger partial charge in [0.15, 0.2) is 0 Å². The second kappa shape index (κ2) is 7.07. The molecule has 6 nitrogen and oxygen atoms in total. The van der Waals surface area contributed by atoms with Gasteiger partial charge in [-0.05, 0) is 31.0 Å². The average Bonchev–Trinajstić information content (AvgIpc) is 3.32. The van der Waals surface area contributed by atoms with Crippen LogP contribution in [0.15, 0.2) is 53.3 Å². The van der Waals surface area contributed by atoms with Crippen molar-refractivity contribution in [2.75, 3.05) is 13.1 Å². The van der Waals surface area contributed by atoms with Crippen LogP contribution in [0.4, 0.5) is 0 Å². The minimum Gasteiger partial charge on any atom is -0.342 e. The molecule has 3 heterocycles. The third-order valence-electron chi connectivity index (χ3n) is 4.71. The first kappa shape index (κ1) is 16.4. The van der Waals surface area contributed by atoms with E-state index in [0.717, 1.165) is 24.1 Å². The highest BCUT2D eigenvalue weighted by atomic mass is 16.5. The highest BCUT2D eigenvalue weighted by Crippen LogP contribution is 2.28. The number of hydrogen-bond donors (Lipinski definition) is 0. The minimum absolute atomic E-state index is 0.0968. The summed E-state index contributed by atoms with van der Waals surface area (Å²) in [6, 6.07) is 11.8. The van der Waals surface area contributed by atoms with Gasteiger partial charge in [0.2, 0.25) is 17.6 Å². The lowest BCUT2D eigenvalue weighted by molar-refractivity contribution is -0.129. The summed E-state index contributed by atoms with van der Waals surface area (Å²) in [7, 11) is 0. The molecule has 0 aliphatic carbocycles. The van der Waals surface area contributed by atoms with Crippen LogP contribution in [0.5, 0.6) is 0 Å². The van der Waals surface area contributed by atoms with Gasteiger partial charge in [-0.15, -0.1) is 0 Å². The number of likely N-dealkylation sites (tertiary alicyclic amines) is 1. The second-order valence-electron chi connectivity index (χ2n) is 6.68. The first-order valence-corrected chi connectivity index (χ1v) is 8.76. The molecule has 6 heteroatoms. The molecule has 1 aliphatic heterocycles. The molecule has 0 bridgehead atoms. The lowest BCUT2D eigenvalue weighted by Gasteiger charge is -2.16.